The number of nitrogens with zero attached hydrogens (tertiary/aromatic N) is 8. The maximum atomic E-state index is 13.2. The maximum absolute atomic E-state index is 13.2. The Hall–Kier alpha value is -11.6. The summed E-state index contributed by atoms with van der Waals surface area (Å²) in [5, 5.41) is 25.1. The van der Waals surface area contributed by atoms with Crippen molar-refractivity contribution < 1.29 is 123 Å². The lowest BCUT2D eigenvalue weighted by atomic mass is 10.1. The molecule has 36 nitrogen and oxygen atoms in total. The van der Waals surface area contributed by atoms with E-state index in [0.29, 0.717) is 57.9 Å². The Bertz CT molecular complexity index is 6730. The van der Waals surface area contributed by atoms with E-state index in [4.69, 9.17) is 44.6 Å². The summed E-state index contributed by atoms with van der Waals surface area (Å²) in [6, 6.07) is 32.8. The van der Waals surface area contributed by atoms with Crippen LogP contribution in [0.2, 0.25) is 0 Å². The summed E-state index contributed by atoms with van der Waals surface area (Å²) in [5.74, 6) is -9.51. The van der Waals surface area contributed by atoms with Gasteiger partial charge in [0, 0.05) is 91.7 Å². The molecular weight excluding hydrogens is 1960 g/mol. The Labute approximate surface area is 798 Å². The fourth-order valence-electron chi connectivity index (χ4n) is 12.0. The van der Waals surface area contributed by atoms with Gasteiger partial charge in [0.25, 0.3) is 0 Å². The molecule has 49 heteroatoms. The number of sulfone groups is 3. The Kier molecular flexibility index (Phi) is 38.9. The van der Waals surface area contributed by atoms with Gasteiger partial charge < -0.3 is 60.5 Å². The second kappa shape index (κ2) is 49.0. The molecule has 8 heterocycles. The maximum Gasteiger partial charge on any atom is 0.325 e. The van der Waals surface area contributed by atoms with Crippen molar-refractivity contribution in [1.29, 1.82) is 0 Å². The number of hydrogen-bond donors (Lipinski definition) is 7. The van der Waals surface area contributed by atoms with Gasteiger partial charge in [-0.05, 0) is 180 Å². The number of thiazole rings is 4. The van der Waals surface area contributed by atoms with Gasteiger partial charge in [-0.15, -0.1) is 45.3 Å². The van der Waals surface area contributed by atoms with Gasteiger partial charge in [-0.2, -0.15) is 17.6 Å². The van der Waals surface area contributed by atoms with Gasteiger partial charge in [0.05, 0.1) is 96.7 Å². The van der Waals surface area contributed by atoms with Crippen LogP contribution >= 0.6 is 56.0 Å². The zero-order valence-corrected chi connectivity index (χ0v) is 81.5. The number of benzene rings is 4. The molecular formula is C87H94ClF4N13O23S8. The summed E-state index contributed by atoms with van der Waals surface area (Å²) in [4.78, 5) is 129. The van der Waals surface area contributed by atoms with Crippen molar-refractivity contribution in [1.82, 2.24) is 66.5 Å². The summed E-state index contributed by atoms with van der Waals surface area (Å²) >= 11 is 4.53. The van der Waals surface area contributed by atoms with Gasteiger partial charge in [0.2, 0.25) is 62.4 Å². The van der Waals surface area contributed by atoms with E-state index >= 15 is 0 Å². The van der Waals surface area contributed by atoms with E-state index < -0.39 is 150 Å². The summed E-state index contributed by atoms with van der Waals surface area (Å²) in [5.41, 5.74) is 6.80. The number of aliphatic carboxylic acids is 1. The van der Waals surface area contributed by atoms with E-state index in [2.05, 4.69) is 66.5 Å². The van der Waals surface area contributed by atoms with Crippen molar-refractivity contribution in [2.45, 2.75) is 100 Å². The predicted octanol–water partition coefficient (Wildman–Crippen LogP) is 10.3. The number of amides is 5. The third-order valence-corrected chi connectivity index (χ3v) is 30.0. The number of carboxylic acids is 1. The average molecular weight is 2060 g/mol. The highest BCUT2D eigenvalue weighted by molar-refractivity contribution is 8.13. The summed E-state index contributed by atoms with van der Waals surface area (Å²) < 4.78 is 178. The lowest BCUT2D eigenvalue weighted by Crippen LogP contribution is -2.41. The Balaban J connectivity index is 0.000000198. The Morgan fingerprint density at radius 1 is 0.426 bits per heavy atom. The van der Waals surface area contributed by atoms with Crippen LogP contribution in [-0.2, 0) is 107 Å². The van der Waals surface area contributed by atoms with E-state index in [1.165, 1.54) is 81.7 Å². The third-order valence-electron chi connectivity index (χ3n) is 18.4. The Morgan fingerprint density at radius 3 is 1.02 bits per heavy atom. The molecule has 0 radical (unpaired) electrons. The molecule has 1 aliphatic carbocycles. The van der Waals surface area contributed by atoms with Crippen LogP contribution in [-0.4, -0.2) is 245 Å². The van der Waals surface area contributed by atoms with E-state index in [1.807, 2.05) is 18.2 Å². The third kappa shape index (κ3) is 33.7. The fourth-order valence-corrected chi connectivity index (χ4v) is 22.7. The Morgan fingerprint density at radius 2 is 0.735 bits per heavy atom. The van der Waals surface area contributed by atoms with E-state index in [9.17, 15) is 89.6 Å². The molecule has 0 bridgehead atoms. The number of methoxy groups -OCH3 is 3. The standard InChI is InChI=1S/C23H26FN3O6S2.C22H23FN4O5S2.C20H20FN3O3S.C19H18FN3O6S2.C3H7ClO3S/c1-23(2,3)33-19(28)13-26-21(29)20(35(30,31)10-9-32-4)22-27-16-7-5-14(11-17(16)34-22)15-6-8-18(24)25-12-15;1-32-8-9-34(30,31)20(21(29)25-12-19(28)26-15-4-5-15)22-27-16-6-2-13(10-17(16)33-22)14-3-7-18(23)24-11-14;1-20(2,3)27-19(26)11-23-17(25)9-18-24-14-6-4-12(8-15(14)28-18)13-5-7-16(21)22-10-13;1-29-6-7-31(27,28)17(18(26)22-10-16(24)25)19-23-13-4-2-11(8-14(13)30-19)12-3-5-15(20)21-9-12;4-8(6,7)3-1-2-5/h5-8,11-12,20H,9-10,13H2,1-4H3,(H,26,29);2-3,6-7,10-11,15,20H,4-5,8-9,12H2,1H3,(H,25,29)(H,26,28);4-8,10H,9,11H2,1-3H3,(H,23,25);2-5,8-9,17H,6-7,10H2,1H3,(H,22,26)(H,24,25);5H,1-3H2. The first-order chi connectivity index (χ1) is 64.1. The molecule has 728 valence electrons. The quantitative estimate of drug-likeness (QED) is 0.00830. The summed E-state index contributed by atoms with van der Waals surface area (Å²) in [6.07, 6.45) is 7.72. The summed E-state index contributed by atoms with van der Waals surface area (Å²) in [7, 11) is -6.58. The van der Waals surface area contributed by atoms with Crippen LogP contribution in [0.3, 0.4) is 0 Å². The van der Waals surface area contributed by atoms with Crippen molar-refractivity contribution in [2.75, 3.05) is 96.9 Å². The molecule has 3 unspecified atom stereocenters. The number of hydrogen-bond acceptors (Lipinski definition) is 34. The molecule has 136 heavy (non-hydrogen) atoms. The largest absolute Gasteiger partial charge is 0.480 e. The molecule has 0 saturated heterocycles. The lowest BCUT2D eigenvalue weighted by molar-refractivity contribution is -0.155. The highest BCUT2D eigenvalue weighted by Gasteiger charge is 2.41. The molecule has 12 aromatic rings. The number of aliphatic hydroxyl groups excluding tert-OH is 1. The zero-order valence-electron chi connectivity index (χ0n) is 74.2. The van der Waals surface area contributed by atoms with Crippen molar-refractivity contribution in [3.05, 3.63) is 190 Å². The second-order valence-corrected chi connectivity index (χ2v) is 45.3. The van der Waals surface area contributed by atoms with Gasteiger partial charge in [0.1, 0.15) is 50.9 Å². The molecule has 0 aliphatic heterocycles. The lowest BCUT2D eigenvalue weighted by Gasteiger charge is -2.20. The monoisotopic (exact) mass is 2060 g/mol. The SMILES string of the molecule is CC(C)(C)OC(=O)CNC(=O)Cc1nc2ccc(-c3ccc(F)nc3)cc2s1.COCCS(=O)(=O)C(C(=O)NCC(=O)NC1CC1)c1nc2ccc(-c3ccc(F)nc3)cc2s1.COCCS(=O)(=O)C(C(=O)NCC(=O)O)c1nc2ccc(-c3ccc(F)nc3)cc2s1.COCCS(=O)(=O)C(C(=O)NCC(=O)OC(C)(C)C)c1nc2ccc(-c3ccc(F)nc3)cc2s1.O=S(=O)(Cl)CCCO. The predicted molar refractivity (Wildman–Crippen MR) is 504 cm³/mol. The molecule has 3 atom stereocenters. The van der Waals surface area contributed by atoms with Crippen LogP contribution in [0, 0.1) is 23.8 Å². The number of nitrogens with one attached hydrogen (secondary N) is 5. The normalized spacial score (nSPS) is 12.9. The molecule has 7 N–H and O–H groups in total. The molecule has 0 spiro atoms. The van der Waals surface area contributed by atoms with Crippen molar-refractivity contribution >= 4 is 183 Å². The molecule has 13 rings (SSSR count). The van der Waals surface area contributed by atoms with Crippen molar-refractivity contribution in [3.8, 4) is 44.5 Å². The van der Waals surface area contributed by atoms with Crippen LogP contribution in [0.15, 0.2) is 146 Å². The highest BCUT2D eigenvalue weighted by Crippen LogP contribution is 2.39. The minimum absolute atomic E-state index is 0.0170. The number of aromatic nitrogens is 8. The van der Waals surface area contributed by atoms with Crippen LogP contribution in [0.5, 0.6) is 0 Å². The smallest absolute Gasteiger partial charge is 0.325 e. The number of rotatable bonds is 36. The molecule has 5 amide bonds. The number of ether oxygens (including phenoxy) is 5. The van der Waals surface area contributed by atoms with Crippen LogP contribution < -0.4 is 26.6 Å². The number of carboxylic acid groups (broad SMARTS) is 1. The minimum atomic E-state index is -4.03. The van der Waals surface area contributed by atoms with E-state index in [-0.39, 0.29) is 96.7 Å². The summed E-state index contributed by atoms with van der Waals surface area (Å²) in [6.45, 7) is 8.20. The number of fused-ring (bicyclic) bond motifs is 4. The number of esters is 2. The first kappa shape index (κ1) is 108. The molecule has 8 aromatic heterocycles. The fraction of sp³-hybridized carbons (Fsp3) is 0.356. The number of carbonyl (C=O) groups is 8. The number of halogens is 5. The van der Waals surface area contributed by atoms with Crippen LogP contribution in [0.25, 0.3) is 85.4 Å². The van der Waals surface area contributed by atoms with Crippen molar-refractivity contribution in [2.24, 2.45) is 0 Å². The first-order valence-electron chi connectivity index (χ1n) is 40.9. The van der Waals surface area contributed by atoms with Gasteiger partial charge in [-0.3, -0.25) is 38.4 Å². The highest BCUT2D eigenvalue weighted by atomic mass is 35.7. The zero-order chi connectivity index (χ0) is 99.6. The molecule has 1 saturated carbocycles. The molecule has 4 aromatic carbocycles. The number of pyridine rings is 4. The topological polar surface area (TPSA) is 523 Å². The van der Waals surface area contributed by atoms with Gasteiger partial charge in [-0.1, -0.05) is 24.3 Å². The van der Waals surface area contributed by atoms with Crippen LogP contribution in [0.4, 0.5) is 17.6 Å². The van der Waals surface area contributed by atoms with Gasteiger partial charge in [0.15, 0.2) is 45.3 Å². The first-order valence-corrected chi connectivity index (χ1v) is 51.8. The molecule has 1 fully saturated rings. The van der Waals surface area contributed by atoms with Gasteiger partial charge >= 0.3 is 17.9 Å². The second-order valence-electron chi connectivity index (χ2n) is 31.5. The number of carbonyl (C=O) groups excluding carboxylic acids is 7. The van der Waals surface area contributed by atoms with Crippen molar-refractivity contribution in [3.63, 3.8) is 0 Å². The van der Waals surface area contributed by atoms with E-state index in [0.717, 1.165) is 79.3 Å². The molecule has 1 aliphatic rings. The van der Waals surface area contributed by atoms with Crippen LogP contribution in [0.1, 0.15) is 96.6 Å². The number of aliphatic hydroxyl groups is 1. The minimum Gasteiger partial charge on any atom is -0.480 e. The average Bonchev–Trinajstić information content (AvgIpc) is 1.64. The van der Waals surface area contributed by atoms with E-state index in [1.54, 1.807) is 120 Å². The van der Waals surface area contributed by atoms with Gasteiger partial charge in [-0.25, -0.2) is 73.5 Å².